The van der Waals surface area contributed by atoms with Crippen molar-refractivity contribution < 1.29 is 8.83 Å². The monoisotopic (exact) mass is 536 g/mol. The van der Waals surface area contributed by atoms with Crippen molar-refractivity contribution in [3.8, 4) is 33.4 Å². The summed E-state index contributed by atoms with van der Waals surface area (Å²) in [5.74, 6) is 0. The average molecular weight is 537 g/mol. The molecule has 2 aromatic heterocycles. The summed E-state index contributed by atoms with van der Waals surface area (Å²) >= 11 is 0. The number of fused-ring (bicyclic) bond motifs is 7. The normalized spacial score (nSPS) is 11.8. The lowest BCUT2D eigenvalue weighted by atomic mass is 9.83. The molecule has 2 nitrogen and oxygen atoms in total. The Morgan fingerprint density at radius 2 is 0.976 bits per heavy atom. The van der Waals surface area contributed by atoms with E-state index in [4.69, 9.17) is 8.83 Å². The van der Waals surface area contributed by atoms with Gasteiger partial charge in [-0.2, -0.15) is 0 Å². The first-order chi connectivity index (χ1) is 20.8. The molecule has 0 N–H and O–H groups in total. The molecule has 0 aliphatic heterocycles. The van der Waals surface area contributed by atoms with Gasteiger partial charge in [0.2, 0.25) is 0 Å². The minimum Gasteiger partial charge on any atom is -0.464 e. The molecule has 0 amide bonds. The second-order valence-electron chi connectivity index (χ2n) is 10.8. The molecular formula is C40H24O2. The molecule has 0 atom stereocenters. The summed E-state index contributed by atoms with van der Waals surface area (Å²) in [6.07, 6.45) is 1.72. The Morgan fingerprint density at radius 3 is 1.71 bits per heavy atom. The first-order valence-corrected chi connectivity index (χ1v) is 14.3. The maximum Gasteiger partial charge on any atom is 0.146 e. The van der Waals surface area contributed by atoms with Crippen LogP contribution in [0.3, 0.4) is 0 Å². The van der Waals surface area contributed by atoms with Gasteiger partial charge < -0.3 is 8.83 Å². The molecule has 0 radical (unpaired) electrons. The lowest BCUT2D eigenvalue weighted by Crippen LogP contribution is -1.92. The van der Waals surface area contributed by atoms with Crippen LogP contribution in [0.4, 0.5) is 0 Å². The second-order valence-corrected chi connectivity index (χ2v) is 10.8. The van der Waals surface area contributed by atoms with E-state index in [2.05, 4.69) is 127 Å². The Labute approximate surface area is 242 Å². The Kier molecular flexibility index (Phi) is 4.93. The van der Waals surface area contributed by atoms with Gasteiger partial charge in [0.1, 0.15) is 16.7 Å². The zero-order valence-corrected chi connectivity index (χ0v) is 22.7. The van der Waals surface area contributed by atoms with E-state index in [1.807, 2.05) is 12.1 Å². The predicted octanol–water partition coefficient (Wildman–Crippen LogP) is 11.6. The fourth-order valence-corrected chi connectivity index (χ4v) is 6.73. The van der Waals surface area contributed by atoms with Crippen molar-refractivity contribution in [3.05, 3.63) is 146 Å². The van der Waals surface area contributed by atoms with Crippen LogP contribution in [0.5, 0.6) is 0 Å². The molecule has 2 heterocycles. The van der Waals surface area contributed by atoms with Gasteiger partial charge in [-0.25, -0.2) is 0 Å². The van der Waals surface area contributed by atoms with Gasteiger partial charge in [0, 0.05) is 10.8 Å². The molecule has 7 aromatic carbocycles. The average Bonchev–Trinajstić information content (AvgIpc) is 3.68. The molecule has 2 heteroatoms. The van der Waals surface area contributed by atoms with Gasteiger partial charge in [-0.15, -0.1) is 0 Å². The van der Waals surface area contributed by atoms with E-state index < -0.39 is 0 Å². The summed E-state index contributed by atoms with van der Waals surface area (Å²) in [7, 11) is 0. The molecule has 0 spiro atoms. The maximum atomic E-state index is 6.36. The van der Waals surface area contributed by atoms with Crippen LogP contribution in [0.25, 0.3) is 87.8 Å². The summed E-state index contributed by atoms with van der Waals surface area (Å²) in [4.78, 5) is 0. The van der Waals surface area contributed by atoms with E-state index in [1.54, 1.807) is 6.26 Å². The smallest absolute Gasteiger partial charge is 0.146 e. The van der Waals surface area contributed by atoms with Gasteiger partial charge in [-0.1, -0.05) is 109 Å². The van der Waals surface area contributed by atoms with E-state index in [0.717, 1.165) is 32.9 Å². The topological polar surface area (TPSA) is 26.3 Å². The van der Waals surface area contributed by atoms with Gasteiger partial charge >= 0.3 is 0 Å². The minimum absolute atomic E-state index is 0.838. The van der Waals surface area contributed by atoms with Crippen molar-refractivity contribution in [1.82, 2.24) is 0 Å². The summed E-state index contributed by atoms with van der Waals surface area (Å²) in [5.41, 5.74) is 9.96. The Morgan fingerprint density at radius 1 is 0.357 bits per heavy atom. The van der Waals surface area contributed by atoms with Crippen LogP contribution in [-0.2, 0) is 0 Å². The lowest BCUT2D eigenvalue weighted by molar-refractivity contribution is 0.615. The highest BCUT2D eigenvalue weighted by atomic mass is 16.3. The van der Waals surface area contributed by atoms with Crippen LogP contribution in [0, 0.1) is 0 Å². The van der Waals surface area contributed by atoms with Crippen LogP contribution < -0.4 is 0 Å². The molecule has 0 aliphatic rings. The van der Waals surface area contributed by atoms with Crippen LogP contribution in [0.1, 0.15) is 0 Å². The van der Waals surface area contributed by atoms with E-state index >= 15 is 0 Å². The first-order valence-electron chi connectivity index (χ1n) is 14.3. The predicted molar refractivity (Wildman–Crippen MR) is 175 cm³/mol. The van der Waals surface area contributed by atoms with E-state index in [1.165, 1.54) is 54.9 Å². The summed E-state index contributed by atoms with van der Waals surface area (Å²) in [6.45, 7) is 0. The maximum absolute atomic E-state index is 6.36. The third-order valence-electron chi connectivity index (χ3n) is 8.57. The second kappa shape index (κ2) is 8.95. The third kappa shape index (κ3) is 3.33. The minimum atomic E-state index is 0.838. The van der Waals surface area contributed by atoms with Crippen molar-refractivity contribution in [2.24, 2.45) is 0 Å². The molecule has 0 bridgehead atoms. The summed E-state index contributed by atoms with van der Waals surface area (Å²) in [6, 6.07) is 49.8. The SMILES string of the molecule is c1ccc(-c2ccccc2-c2c3ccccc3c(-c3ccc4oc5c6ccoc6ccc5c4c3)c3ccccc23)cc1. The Bertz CT molecular complexity index is 2400. The number of furan rings is 2. The molecule has 0 saturated heterocycles. The Balaban J connectivity index is 1.37. The zero-order chi connectivity index (χ0) is 27.6. The highest BCUT2D eigenvalue weighted by Gasteiger charge is 2.20. The van der Waals surface area contributed by atoms with E-state index in [-0.39, 0.29) is 0 Å². The highest BCUT2D eigenvalue weighted by Crippen LogP contribution is 2.47. The molecule has 9 aromatic rings. The molecule has 42 heavy (non-hydrogen) atoms. The first kappa shape index (κ1) is 23.1. The van der Waals surface area contributed by atoms with Crippen molar-refractivity contribution in [2.75, 3.05) is 0 Å². The third-order valence-corrected chi connectivity index (χ3v) is 8.57. The fraction of sp³-hybridized carbons (Fsp3) is 0. The number of hydrogen-bond acceptors (Lipinski definition) is 2. The molecule has 196 valence electrons. The molecule has 0 unspecified atom stereocenters. The van der Waals surface area contributed by atoms with Crippen LogP contribution >= 0.6 is 0 Å². The van der Waals surface area contributed by atoms with Crippen molar-refractivity contribution in [2.45, 2.75) is 0 Å². The van der Waals surface area contributed by atoms with Gasteiger partial charge in [0.15, 0.2) is 0 Å². The Hall–Kier alpha value is -5.60. The number of rotatable bonds is 3. The molecule has 0 aliphatic carbocycles. The van der Waals surface area contributed by atoms with Gasteiger partial charge in [0.25, 0.3) is 0 Å². The summed E-state index contributed by atoms with van der Waals surface area (Å²) < 4.78 is 12.0. The van der Waals surface area contributed by atoms with Crippen molar-refractivity contribution in [1.29, 1.82) is 0 Å². The van der Waals surface area contributed by atoms with Crippen molar-refractivity contribution in [3.63, 3.8) is 0 Å². The van der Waals surface area contributed by atoms with Crippen LogP contribution in [0.15, 0.2) is 155 Å². The van der Waals surface area contributed by atoms with Gasteiger partial charge in [-0.3, -0.25) is 0 Å². The van der Waals surface area contributed by atoms with E-state index in [9.17, 15) is 0 Å². The van der Waals surface area contributed by atoms with E-state index in [0.29, 0.717) is 0 Å². The molecule has 9 rings (SSSR count). The molecular weight excluding hydrogens is 512 g/mol. The quantitative estimate of drug-likeness (QED) is 0.210. The molecule has 0 saturated carbocycles. The fourth-order valence-electron chi connectivity index (χ4n) is 6.73. The standard InChI is InChI=1S/C40H24O2/c1-2-10-25(11-3-1)27-12-4-5-13-28(27)39-31-16-8-6-14-29(31)38(30-15-7-9-17-32(30)39)26-18-20-37-35(24-26)33-19-21-36-34(22-23-41-36)40(33)42-37/h1-24H. The lowest BCUT2D eigenvalue weighted by Gasteiger charge is -2.19. The van der Waals surface area contributed by atoms with Crippen LogP contribution in [0.2, 0.25) is 0 Å². The van der Waals surface area contributed by atoms with Crippen molar-refractivity contribution >= 4 is 54.5 Å². The number of hydrogen-bond donors (Lipinski definition) is 0. The zero-order valence-electron chi connectivity index (χ0n) is 22.7. The van der Waals surface area contributed by atoms with Crippen LogP contribution in [-0.4, -0.2) is 0 Å². The largest absolute Gasteiger partial charge is 0.464 e. The highest BCUT2D eigenvalue weighted by molar-refractivity contribution is 6.23. The van der Waals surface area contributed by atoms with Gasteiger partial charge in [0.05, 0.1) is 11.6 Å². The molecule has 0 fully saturated rings. The number of benzene rings is 7. The summed E-state index contributed by atoms with van der Waals surface area (Å²) in [5, 5.41) is 8.16. The van der Waals surface area contributed by atoms with Gasteiger partial charge in [-0.05, 0) is 85.3 Å².